The van der Waals surface area contributed by atoms with Crippen LogP contribution in [0.15, 0.2) is 37.0 Å². The molecule has 1 aliphatic heterocycles. The molecule has 2 aromatic rings. The fraction of sp³-hybridized carbons (Fsp3) is 0.400. The normalized spacial score (nSPS) is 17.2. The molecular weight excluding hydrogens is 365 g/mol. The molecule has 7 heteroatoms. The quantitative estimate of drug-likeness (QED) is 0.678. The predicted molar refractivity (Wildman–Crippen MR) is 107 cm³/mol. The summed E-state index contributed by atoms with van der Waals surface area (Å²) in [6.07, 6.45) is 4.60. The molecule has 2 heterocycles. The van der Waals surface area contributed by atoms with E-state index < -0.39 is 5.60 Å². The van der Waals surface area contributed by atoms with Crippen LogP contribution in [0.4, 0.5) is 8.68 Å². The van der Waals surface area contributed by atoms with Gasteiger partial charge in [-0.2, -0.15) is 0 Å². The Kier molecular flexibility index (Phi) is 5.60. The highest BCUT2D eigenvalue weighted by Crippen LogP contribution is 2.36. The molecule has 5 nitrogen and oxygen atoms in total. The van der Waals surface area contributed by atoms with Gasteiger partial charge in [0.2, 0.25) is 0 Å². The van der Waals surface area contributed by atoms with Crippen molar-refractivity contribution in [2.24, 2.45) is 0 Å². The average Bonchev–Trinajstić information content (AvgIpc) is 3.26. The number of hydrogen-bond donors (Lipinski definition) is 0. The minimum atomic E-state index is -0.577. The summed E-state index contributed by atoms with van der Waals surface area (Å²) >= 11 is 0.0915. The predicted octanol–water partition coefficient (Wildman–Crippen LogP) is 5.65. The number of carbonyl (C=O) groups is 1. The first-order valence-electron chi connectivity index (χ1n) is 8.93. The molecule has 144 valence electrons. The van der Waals surface area contributed by atoms with Gasteiger partial charge in [-0.3, -0.25) is 4.90 Å². The lowest BCUT2D eigenvalue weighted by Gasteiger charge is -2.28. The van der Waals surface area contributed by atoms with Gasteiger partial charge in [0.05, 0.1) is 11.7 Å². The topological polar surface area (TPSA) is 47.4 Å². The van der Waals surface area contributed by atoms with Crippen molar-refractivity contribution in [2.45, 2.75) is 45.3 Å². The van der Waals surface area contributed by atoms with Crippen molar-refractivity contribution in [3.63, 3.8) is 0 Å². The van der Waals surface area contributed by atoms with Crippen molar-refractivity contribution in [1.29, 1.82) is 0 Å². The highest BCUT2D eigenvalue weighted by Gasteiger charge is 2.36. The number of nitrogens with zero attached hydrogens (tertiary/aromatic N) is 3. The summed E-state index contributed by atoms with van der Waals surface area (Å²) in [7, 11) is 0. The van der Waals surface area contributed by atoms with E-state index in [0.717, 1.165) is 24.0 Å². The Balaban J connectivity index is 1.89. The Morgan fingerprint density at radius 3 is 2.67 bits per heavy atom. The summed E-state index contributed by atoms with van der Waals surface area (Å²) in [6.45, 7) is 9.82. The first-order chi connectivity index (χ1) is 12.8. The lowest BCUT2D eigenvalue weighted by atomic mass is 10.1. The fourth-order valence-corrected chi connectivity index (χ4v) is 3.53. The van der Waals surface area contributed by atoms with Crippen molar-refractivity contribution < 1.29 is 13.4 Å². The van der Waals surface area contributed by atoms with Crippen molar-refractivity contribution in [3.05, 3.63) is 48.4 Å². The molecule has 27 heavy (non-hydrogen) atoms. The summed E-state index contributed by atoms with van der Waals surface area (Å²) in [5, 5.41) is 0. The molecule has 0 radical (unpaired) electrons. The molecular formula is C20H24FN3O2S. The van der Waals surface area contributed by atoms with Crippen LogP contribution in [0, 0.1) is 0 Å². The number of rotatable bonds is 4. The smallest absolute Gasteiger partial charge is 0.410 e. The zero-order valence-corrected chi connectivity index (χ0v) is 16.6. The van der Waals surface area contributed by atoms with Crippen LogP contribution in [0.2, 0.25) is 0 Å². The lowest BCUT2D eigenvalue weighted by Crippen LogP contribution is -2.37. The number of carbonyl (C=O) groups excluding carboxylic acids is 1. The van der Waals surface area contributed by atoms with E-state index >= 15 is 0 Å². The zero-order chi connectivity index (χ0) is 19.6. The van der Waals surface area contributed by atoms with Crippen LogP contribution in [0.3, 0.4) is 0 Å². The van der Waals surface area contributed by atoms with Crippen LogP contribution in [-0.2, 0) is 4.74 Å². The zero-order valence-electron chi connectivity index (χ0n) is 15.8. The van der Waals surface area contributed by atoms with Crippen molar-refractivity contribution >= 4 is 24.5 Å². The van der Waals surface area contributed by atoms with Crippen LogP contribution < -0.4 is 0 Å². The summed E-state index contributed by atoms with van der Waals surface area (Å²) < 4.78 is 20.5. The Hall–Kier alpha value is -2.28. The maximum absolute atomic E-state index is 13.6. The molecule has 1 saturated heterocycles. The second kappa shape index (κ2) is 7.76. The summed E-state index contributed by atoms with van der Waals surface area (Å²) in [5.74, 6) is 0.522. The number of ether oxygens (including phenoxy) is 1. The van der Waals surface area contributed by atoms with E-state index in [1.54, 1.807) is 17.2 Å². The molecule has 1 aromatic heterocycles. The van der Waals surface area contributed by atoms with E-state index in [2.05, 4.69) is 11.6 Å². The Morgan fingerprint density at radius 2 is 2.07 bits per heavy atom. The Morgan fingerprint density at radius 1 is 1.37 bits per heavy atom. The third-order valence-corrected chi connectivity index (χ3v) is 4.84. The third kappa shape index (κ3) is 4.35. The highest BCUT2D eigenvalue weighted by atomic mass is 32.2. The van der Waals surface area contributed by atoms with Gasteiger partial charge >= 0.3 is 6.09 Å². The van der Waals surface area contributed by atoms with E-state index in [4.69, 9.17) is 4.74 Å². The van der Waals surface area contributed by atoms with Gasteiger partial charge in [-0.15, -0.1) is 3.89 Å². The van der Waals surface area contributed by atoms with Gasteiger partial charge in [0.25, 0.3) is 0 Å². The molecule has 3 rings (SSSR count). The Labute approximate surface area is 163 Å². The number of imidazole rings is 1. The first-order valence-corrected chi connectivity index (χ1v) is 9.60. The van der Waals surface area contributed by atoms with Gasteiger partial charge < -0.3 is 4.74 Å². The molecule has 0 unspecified atom stereocenters. The van der Waals surface area contributed by atoms with Gasteiger partial charge in [-0.1, -0.05) is 36.9 Å². The van der Waals surface area contributed by atoms with Gasteiger partial charge in [-0.25, -0.2) is 13.8 Å². The molecule has 1 amide bonds. The Bertz CT molecular complexity index is 827. The lowest BCUT2D eigenvalue weighted by molar-refractivity contribution is 0.0218. The molecule has 1 aromatic carbocycles. The van der Waals surface area contributed by atoms with E-state index in [0.29, 0.717) is 18.1 Å². The van der Waals surface area contributed by atoms with E-state index in [9.17, 15) is 8.68 Å². The first kappa shape index (κ1) is 19.5. The van der Waals surface area contributed by atoms with Gasteiger partial charge in [0.15, 0.2) is 12.3 Å². The number of aromatic nitrogens is 2. The van der Waals surface area contributed by atoms with Crippen LogP contribution in [0.1, 0.15) is 51.0 Å². The third-order valence-electron chi connectivity index (χ3n) is 4.40. The number of benzene rings is 1. The summed E-state index contributed by atoms with van der Waals surface area (Å²) in [4.78, 5) is 18.8. The molecule has 0 bridgehead atoms. The van der Waals surface area contributed by atoms with Crippen LogP contribution in [0.5, 0.6) is 0 Å². The van der Waals surface area contributed by atoms with Crippen LogP contribution in [-0.4, -0.2) is 32.1 Å². The van der Waals surface area contributed by atoms with Crippen molar-refractivity contribution in [1.82, 2.24) is 13.9 Å². The van der Waals surface area contributed by atoms with E-state index in [-0.39, 0.29) is 24.5 Å². The summed E-state index contributed by atoms with van der Waals surface area (Å²) in [5.41, 5.74) is 1.98. The molecule has 0 aliphatic carbocycles. The molecule has 0 spiro atoms. The molecule has 0 saturated carbocycles. The van der Waals surface area contributed by atoms with Crippen molar-refractivity contribution in [3.8, 4) is 11.3 Å². The van der Waals surface area contributed by atoms with Gasteiger partial charge in [0.1, 0.15) is 11.4 Å². The molecule has 0 N–H and O–H groups in total. The van der Waals surface area contributed by atoms with Gasteiger partial charge in [-0.05, 0) is 39.2 Å². The minimum Gasteiger partial charge on any atom is -0.444 e. The van der Waals surface area contributed by atoms with Crippen LogP contribution in [0.25, 0.3) is 17.3 Å². The maximum Gasteiger partial charge on any atom is 0.410 e. The molecule has 1 fully saturated rings. The largest absolute Gasteiger partial charge is 0.444 e. The van der Waals surface area contributed by atoms with E-state index in [1.807, 2.05) is 45.0 Å². The standard InChI is InChI=1S/C20H24FN3O2S/c1-5-14-8-10-15(11-9-14)16-13-24(27-21)18(22-16)17-7-6-12-23(17)19(25)26-20(2,3)4/h5,8-11,13,17H,1,6-7,12H2,2-4H3/t17-/m0/s1. The summed E-state index contributed by atoms with van der Waals surface area (Å²) in [6, 6.07) is 7.43. The van der Waals surface area contributed by atoms with E-state index in [1.165, 1.54) is 3.97 Å². The second-order valence-electron chi connectivity index (χ2n) is 7.54. The second-order valence-corrected chi connectivity index (χ2v) is 8.07. The number of amides is 1. The number of hydrogen-bond acceptors (Lipinski definition) is 4. The monoisotopic (exact) mass is 389 g/mol. The fourth-order valence-electron chi connectivity index (χ4n) is 3.16. The average molecular weight is 389 g/mol. The van der Waals surface area contributed by atoms with Gasteiger partial charge in [0, 0.05) is 18.3 Å². The SMILES string of the molecule is C=Cc1ccc(-c2cn(SF)c([C@@H]3CCCN3C(=O)OC(C)(C)C)n2)cc1. The van der Waals surface area contributed by atoms with Crippen LogP contribution >= 0.6 is 12.3 Å². The maximum atomic E-state index is 13.6. The molecule has 1 aliphatic rings. The number of halogens is 1. The number of likely N-dealkylation sites (tertiary alicyclic amines) is 1. The highest BCUT2D eigenvalue weighted by molar-refractivity contribution is 7.92. The van der Waals surface area contributed by atoms with Crippen molar-refractivity contribution in [2.75, 3.05) is 6.54 Å². The molecule has 1 atom stereocenters. The minimum absolute atomic E-state index is 0.0915.